The van der Waals surface area contributed by atoms with Gasteiger partial charge in [-0.05, 0) is 32.0 Å². The molecule has 0 unspecified atom stereocenters. The highest BCUT2D eigenvalue weighted by atomic mass is 32.1. The standard InChI is InChI=1S/C20H26N4O5S/c1-10-3-5-12(6-4-10)18-22-24(20(30)23(18)13-7-8-13)19-15(21-11(2)26)17(28)16(27)14(9-25)29-19/h3-6,13-17,19,25,27-28H,7-9H2,1-2H3,(H,21,26)/t14-,15-,16-,17+,19+/m1/s1. The molecule has 162 valence electrons. The van der Waals surface area contributed by atoms with Crippen molar-refractivity contribution < 1.29 is 24.9 Å². The summed E-state index contributed by atoms with van der Waals surface area (Å²) in [4.78, 5) is 11.8. The van der Waals surface area contributed by atoms with Gasteiger partial charge in [0, 0.05) is 18.5 Å². The number of hydrogen-bond acceptors (Lipinski definition) is 7. The molecule has 1 saturated heterocycles. The lowest BCUT2D eigenvalue weighted by atomic mass is 9.96. The number of nitrogens with zero attached hydrogens (tertiary/aromatic N) is 3. The molecule has 2 fully saturated rings. The van der Waals surface area contributed by atoms with Gasteiger partial charge in [-0.15, -0.1) is 5.10 Å². The van der Waals surface area contributed by atoms with E-state index >= 15 is 0 Å². The van der Waals surface area contributed by atoms with E-state index in [4.69, 9.17) is 22.1 Å². The van der Waals surface area contributed by atoms with Crippen molar-refractivity contribution in [2.24, 2.45) is 0 Å². The summed E-state index contributed by atoms with van der Waals surface area (Å²) < 4.78 is 9.70. The Morgan fingerprint density at radius 3 is 2.50 bits per heavy atom. The first-order chi connectivity index (χ1) is 14.3. The third kappa shape index (κ3) is 3.81. The van der Waals surface area contributed by atoms with Crippen LogP contribution in [0.1, 0.15) is 37.6 Å². The molecule has 10 heteroatoms. The number of benzene rings is 1. The fraction of sp³-hybridized carbons (Fsp3) is 0.550. The molecule has 30 heavy (non-hydrogen) atoms. The summed E-state index contributed by atoms with van der Waals surface area (Å²) in [5.41, 5.74) is 2.02. The molecule has 0 bridgehead atoms. The predicted molar refractivity (Wildman–Crippen MR) is 110 cm³/mol. The molecular weight excluding hydrogens is 408 g/mol. The van der Waals surface area contributed by atoms with Crippen molar-refractivity contribution in [1.82, 2.24) is 19.7 Å². The van der Waals surface area contributed by atoms with E-state index in [1.807, 2.05) is 35.8 Å². The molecule has 1 aliphatic carbocycles. The van der Waals surface area contributed by atoms with Crippen molar-refractivity contribution in [1.29, 1.82) is 0 Å². The van der Waals surface area contributed by atoms with Crippen LogP contribution in [0.15, 0.2) is 24.3 Å². The molecule has 0 radical (unpaired) electrons. The first-order valence-electron chi connectivity index (χ1n) is 9.99. The van der Waals surface area contributed by atoms with Gasteiger partial charge in [-0.1, -0.05) is 29.8 Å². The fourth-order valence-electron chi connectivity index (χ4n) is 3.82. The van der Waals surface area contributed by atoms with Crippen LogP contribution < -0.4 is 5.32 Å². The molecule has 4 N–H and O–H groups in total. The van der Waals surface area contributed by atoms with E-state index in [1.54, 1.807) is 0 Å². The highest BCUT2D eigenvalue weighted by Gasteiger charge is 2.47. The summed E-state index contributed by atoms with van der Waals surface area (Å²) in [6, 6.07) is 7.17. The number of hydrogen-bond donors (Lipinski definition) is 4. The van der Waals surface area contributed by atoms with Crippen LogP contribution in [0.3, 0.4) is 0 Å². The van der Waals surface area contributed by atoms with Crippen LogP contribution in [0.4, 0.5) is 0 Å². The fourth-order valence-corrected chi connectivity index (χ4v) is 4.20. The van der Waals surface area contributed by atoms with E-state index in [9.17, 15) is 20.1 Å². The molecule has 0 spiro atoms. The summed E-state index contributed by atoms with van der Waals surface area (Å²) in [7, 11) is 0. The van der Waals surface area contributed by atoms with Gasteiger partial charge in [0.05, 0.1) is 6.61 Å². The van der Waals surface area contributed by atoms with Crippen molar-refractivity contribution >= 4 is 18.1 Å². The number of amides is 1. The molecule has 5 atom stereocenters. The third-order valence-corrected chi connectivity index (χ3v) is 5.95. The largest absolute Gasteiger partial charge is 0.394 e. The Labute approximate surface area is 178 Å². The van der Waals surface area contributed by atoms with Gasteiger partial charge in [0.1, 0.15) is 24.4 Å². The molecule has 1 amide bonds. The SMILES string of the molecule is CC(=O)N[C@@H]1[C@H](O)[C@H](O)[C@@H](CO)O[C@@H]1n1nc(-c2ccc(C)cc2)n(C2CC2)c1=S. The van der Waals surface area contributed by atoms with Crippen LogP contribution >= 0.6 is 12.2 Å². The molecule has 9 nitrogen and oxygen atoms in total. The van der Waals surface area contributed by atoms with Crippen LogP contribution in [-0.4, -0.2) is 66.5 Å². The number of aliphatic hydroxyl groups excluding tert-OH is 3. The maximum atomic E-state index is 11.8. The smallest absolute Gasteiger partial charge is 0.217 e. The molecule has 1 saturated carbocycles. The van der Waals surface area contributed by atoms with Crippen LogP contribution in [-0.2, 0) is 9.53 Å². The number of nitrogens with one attached hydrogen (secondary N) is 1. The van der Waals surface area contributed by atoms with Gasteiger partial charge < -0.3 is 25.4 Å². The van der Waals surface area contributed by atoms with Gasteiger partial charge in [0.2, 0.25) is 10.7 Å². The summed E-state index contributed by atoms with van der Waals surface area (Å²) in [6.45, 7) is 2.82. The lowest BCUT2D eigenvalue weighted by Crippen LogP contribution is -2.62. The molecule has 4 rings (SSSR count). The normalized spacial score (nSPS) is 29.0. The highest BCUT2D eigenvalue weighted by Crippen LogP contribution is 2.40. The van der Waals surface area contributed by atoms with E-state index in [1.165, 1.54) is 11.6 Å². The van der Waals surface area contributed by atoms with Gasteiger partial charge in [-0.2, -0.15) is 0 Å². The van der Waals surface area contributed by atoms with E-state index in [0.29, 0.717) is 10.6 Å². The van der Waals surface area contributed by atoms with Crippen molar-refractivity contribution in [3.63, 3.8) is 0 Å². The van der Waals surface area contributed by atoms with E-state index in [0.717, 1.165) is 24.0 Å². The monoisotopic (exact) mass is 434 g/mol. The van der Waals surface area contributed by atoms with Crippen LogP contribution in [0, 0.1) is 11.7 Å². The van der Waals surface area contributed by atoms with Crippen molar-refractivity contribution in [3.8, 4) is 11.4 Å². The maximum absolute atomic E-state index is 11.8. The minimum atomic E-state index is -1.36. The summed E-state index contributed by atoms with van der Waals surface area (Å²) in [5, 5.41) is 37.8. The lowest BCUT2D eigenvalue weighted by molar-refractivity contribution is -0.219. The molecular formula is C20H26N4O5S. The van der Waals surface area contributed by atoms with Gasteiger partial charge in [-0.25, -0.2) is 4.68 Å². The number of aryl methyl sites for hydroxylation is 1. The molecule has 1 aromatic carbocycles. The Morgan fingerprint density at radius 2 is 1.93 bits per heavy atom. The second-order valence-electron chi connectivity index (χ2n) is 7.97. The van der Waals surface area contributed by atoms with Gasteiger partial charge >= 0.3 is 0 Å². The third-order valence-electron chi connectivity index (χ3n) is 5.57. The quantitative estimate of drug-likeness (QED) is 0.515. The lowest BCUT2D eigenvalue weighted by Gasteiger charge is -2.42. The zero-order chi connectivity index (χ0) is 21.6. The molecule has 2 aliphatic rings. The number of aromatic nitrogens is 3. The number of rotatable bonds is 5. The second-order valence-corrected chi connectivity index (χ2v) is 8.34. The van der Waals surface area contributed by atoms with E-state index in [2.05, 4.69) is 5.32 Å². The van der Waals surface area contributed by atoms with Gasteiger partial charge in [0.25, 0.3) is 0 Å². The Kier molecular flexibility index (Phi) is 5.78. The van der Waals surface area contributed by atoms with Gasteiger partial charge in [0.15, 0.2) is 12.1 Å². The second kappa shape index (κ2) is 8.20. The number of aliphatic hydroxyl groups is 3. The average Bonchev–Trinajstić information content (AvgIpc) is 3.49. The number of carbonyl (C=O) groups is 1. The molecule has 2 aromatic rings. The first-order valence-corrected chi connectivity index (χ1v) is 10.4. The van der Waals surface area contributed by atoms with Crippen LogP contribution in [0.5, 0.6) is 0 Å². The Morgan fingerprint density at radius 1 is 1.27 bits per heavy atom. The summed E-state index contributed by atoms with van der Waals surface area (Å²) in [6.07, 6.45) is -2.77. The zero-order valence-corrected chi connectivity index (χ0v) is 17.6. The summed E-state index contributed by atoms with van der Waals surface area (Å²) in [5.74, 6) is 0.281. The van der Waals surface area contributed by atoms with Crippen molar-refractivity contribution in [2.75, 3.05) is 6.61 Å². The Hall–Kier alpha value is -2.11. The summed E-state index contributed by atoms with van der Waals surface area (Å²) >= 11 is 5.71. The minimum Gasteiger partial charge on any atom is -0.394 e. The predicted octanol–water partition coefficient (Wildman–Crippen LogP) is 0.841. The van der Waals surface area contributed by atoms with Crippen LogP contribution in [0.25, 0.3) is 11.4 Å². The minimum absolute atomic E-state index is 0.231. The van der Waals surface area contributed by atoms with E-state index in [-0.39, 0.29) is 6.04 Å². The van der Waals surface area contributed by atoms with Crippen LogP contribution in [0.2, 0.25) is 0 Å². The number of ether oxygens (including phenoxy) is 1. The average molecular weight is 435 g/mol. The van der Waals surface area contributed by atoms with Crippen molar-refractivity contribution in [2.45, 2.75) is 63.3 Å². The van der Waals surface area contributed by atoms with E-state index < -0.39 is 43.1 Å². The topological polar surface area (TPSA) is 122 Å². The maximum Gasteiger partial charge on any atom is 0.217 e. The first kappa shape index (κ1) is 21.1. The van der Waals surface area contributed by atoms with Gasteiger partial charge in [-0.3, -0.25) is 9.36 Å². The molecule has 2 heterocycles. The Bertz CT molecular complexity index is 984. The highest BCUT2D eigenvalue weighted by molar-refractivity contribution is 7.71. The zero-order valence-electron chi connectivity index (χ0n) is 16.8. The molecule has 1 aromatic heterocycles. The van der Waals surface area contributed by atoms with Crippen molar-refractivity contribution in [3.05, 3.63) is 34.6 Å². The molecule has 1 aliphatic heterocycles. The number of carbonyl (C=O) groups excluding carboxylic acids is 1. The Balaban J connectivity index is 1.81.